The standard InChI is InChI=1S/C14H14N2O3/c1-2-18-14(17)10-3-8-13(16-9-10)19-12-6-4-11(15)5-7-12/h3-9H,2,15H2,1H3. The molecule has 0 saturated heterocycles. The molecule has 5 heteroatoms. The van der Waals surface area contributed by atoms with Crippen molar-refractivity contribution in [1.29, 1.82) is 0 Å². The number of hydrogen-bond donors (Lipinski definition) is 1. The highest BCUT2D eigenvalue weighted by atomic mass is 16.5. The second-order valence-electron chi connectivity index (χ2n) is 3.78. The number of nitrogens with two attached hydrogens (primary N) is 1. The molecule has 0 aliphatic rings. The fourth-order valence-electron chi connectivity index (χ4n) is 1.43. The fraction of sp³-hybridized carbons (Fsp3) is 0.143. The van der Waals surface area contributed by atoms with E-state index < -0.39 is 5.97 Å². The molecule has 0 unspecified atom stereocenters. The molecule has 1 heterocycles. The van der Waals surface area contributed by atoms with Crippen molar-refractivity contribution < 1.29 is 14.3 Å². The molecule has 0 amide bonds. The zero-order valence-electron chi connectivity index (χ0n) is 10.5. The Morgan fingerprint density at radius 3 is 2.53 bits per heavy atom. The zero-order valence-corrected chi connectivity index (χ0v) is 10.5. The first-order valence-corrected chi connectivity index (χ1v) is 5.85. The minimum Gasteiger partial charge on any atom is -0.462 e. The van der Waals surface area contributed by atoms with Gasteiger partial charge in [0, 0.05) is 18.0 Å². The number of esters is 1. The van der Waals surface area contributed by atoms with Crippen LogP contribution in [0.4, 0.5) is 5.69 Å². The molecule has 5 nitrogen and oxygen atoms in total. The molecule has 0 bridgehead atoms. The lowest BCUT2D eigenvalue weighted by Crippen LogP contribution is -2.04. The summed E-state index contributed by atoms with van der Waals surface area (Å²) in [6.07, 6.45) is 1.42. The average Bonchev–Trinajstić information content (AvgIpc) is 2.42. The maximum Gasteiger partial charge on any atom is 0.339 e. The Balaban J connectivity index is 2.06. The van der Waals surface area contributed by atoms with E-state index in [2.05, 4.69) is 4.98 Å². The number of hydrogen-bond acceptors (Lipinski definition) is 5. The predicted molar refractivity (Wildman–Crippen MR) is 71.1 cm³/mol. The lowest BCUT2D eigenvalue weighted by molar-refractivity contribution is 0.0526. The maximum atomic E-state index is 11.4. The highest BCUT2D eigenvalue weighted by molar-refractivity contribution is 5.89. The van der Waals surface area contributed by atoms with Gasteiger partial charge in [-0.15, -0.1) is 0 Å². The van der Waals surface area contributed by atoms with E-state index in [0.29, 0.717) is 29.5 Å². The van der Waals surface area contributed by atoms with Crippen LogP contribution in [0.15, 0.2) is 42.6 Å². The van der Waals surface area contributed by atoms with Crippen LogP contribution < -0.4 is 10.5 Å². The van der Waals surface area contributed by atoms with Gasteiger partial charge in [0.2, 0.25) is 5.88 Å². The van der Waals surface area contributed by atoms with Crippen LogP contribution in [-0.4, -0.2) is 17.6 Å². The normalized spacial score (nSPS) is 9.95. The van der Waals surface area contributed by atoms with Crippen molar-refractivity contribution >= 4 is 11.7 Å². The third-order valence-electron chi connectivity index (χ3n) is 2.35. The quantitative estimate of drug-likeness (QED) is 0.674. The van der Waals surface area contributed by atoms with Crippen molar-refractivity contribution in [3.05, 3.63) is 48.2 Å². The molecule has 0 atom stereocenters. The largest absolute Gasteiger partial charge is 0.462 e. The van der Waals surface area contributed by atoms with E-state index in [9.17, 15) is 4.79 Å². The number of anilines is 1. The summed E-state index contributed by atoms with van der Waals surface area (Å²) in [5, 5.41) is 0. The highest BCUT2D eigenvalue weighted by Crippen LogP contribution is 2.20. The molecule has 2 rings (SSSR count). The number of rotatable bonds is 4. The molecule has 1 aromatic carbocycles. The fourth-order valence-corrected chi connectivity index (χ4v) is 1.43. The number of ether oxygens (including phenoxy) is 2. The number of aromatic nitrogens is 1. The Hall–Kier alpha value is -2.56. The van der Waals surface area contributed by atoms with Gasteiger partial charge in [-0.1, -0.05) is 0 Å². The third kappa shape index (κ3) is 3.45. The van der Waals surface area contributed by atoms with E-state index in [4.69, 9.17) is 15.2 Å². The zero-order chi connectivity index (χ0) is 13.7. The Morgan fingerprint density at radius 1 is 1.21 bits per heavy atom. The van der Waals surface area contributed by atoms with E-state index in [1.54, 1.807) is 43.3 Å². The van der Waals surface area contributed by atoms with Gasteiger partial charge < -0.3 is 15.2 Å². The van der Waals surface area contributed by atoms with Gasteiger partial charge in [0.05, 0.1) is 12.2 Å². The van der Waals surface area contributed by atoms with Crippen LogP contribution in [0, 0.1) is 0 Å². The van der Waals surface area contributed by atoms with Crippen molar-refractivity contribution in [2.24, 2.45) is 0 Å². The monoisotopic (exact) mass is 258 g/mol. The Labute approximate surface area is 111 Å². The molecule has 0 aliphatic heterocycles. The molecule has 2 N–H and O–H groups in total. The van der Waals surface area contributed by atoms with Gasteiger partial charge in [-0.3, -0.25) is 0 Å². The first kappa shape index (κ1) is 12.9. The molecular weight excluding hydrogens is 244 g/mol. The van der Waals surface area contributed by atoms with Crippen LogP contribution in [0.3, 0.4) is 0 Å². The molecular formula is C14H14N2O3. The number of nitrogens with zero attached hydrogens (tertiary/aromatic N) is 1. The SMILES string of the molecule is CCOC(=O)c1ccc(Oc2ccc(N)cc2)nc1. The molecule has 98 valence electrons. The summed E-state index contributed by atoms with van der Waals surface area (Å²) >= 11 is 0. The summed E-state index contributed by atoms with van der Waals surface area (Å²) in [4.78, 5) is 15.5. The molecule has 0 saturated carbocycles. The van der Waals surface area contributed by atoms with Crippen molar-refractivity contribution in [1.82, 2.24) is 4.98 Å². The first-order chi connectivity index (χ1) is 9.19. The molecule has 2 aromatic rings. The van der Waals surface area contributed by atoms with E-state index in [1.165, 1.54) is 6.20 Å². The summed E-state index contributed by atoms with van der Waals surface area (Å²) in [6.45, 7) is 2.09. The van der Waals surface area contributed by atoms with Crippen LogP contribution in [0.1, 0.15) is 17.3 Å². The number of carbonyl (C=O) groups is 1. The molecule has 19 heavy (non-hydrogen) atoms. The van der Waals surface area contributed by atoms with Gasteiger partial charge in [0.25, 0.3) is 0 Å². The van der Waals surface area contributed by atoms with Gasteiger partial charge >= 0.3 is 5.97 Å². The molecule has 1 aromatic heterocycles. The van der Waals surface area contributed by atoms with Gasteiger partial charge in [-0.05, 0) is 37.3 Å². The number of benzene rings is 1. The van der Waals surface area contributed by atoms with Crippen molar-refractivity contribution in [2.75, 3.05) is 12.3 Å². The van der Waals surface area contributed by atoms with Gasteiger partial charge in [-0.2, -0.15) is 0 Å². The van der Waals surface area contributed by atoms with Crippen LogP contribution in [0.2, 0.25) is 0 Å². The van der Waals surface area contributed by atoms with E-state index >= 15 is 0 Å². The molecule has 0 spiro atoms. The van der Waals surface area contributed by atoms with E-state index in [0.717, 1.165) is 0 Å². The van der Waals surface area contributed by atoms with Gasteiger partial charge in [0.1, 0.15) is 5.75 Å². The lowest BCUT2D eigenvalue weighted by atomic mass is 10.3. The number of pyridine rings is 1. The Bertz CT molecular complexity index is 550. The third-order valence-corrected chi connectivity index (χ3v) is 2.35. The minimum absolute atomic E-state index is 0.336. The van der Waals surface area contributed by atoms with Crippen LogP contribution >= 0.6 is 0 Å². The smallest absolute Gasteiger partial charge is 0.339 e. The summed E-state index contributed by atoms with van der Waals surface area (Å²) in [5.74, 6) is 0.637. The summed E-state index contributed by atoms with van der Waals surface area (Å²) in [7, 11) is 0. The topological polar surface area (TPSA) is 74.4 Å². The second kappa shape index (κ2) is 5.86. The van der Waals surface area contributed by atoms with Crippen LogP contribution in [0.25, 0.3) is 0 Å². The Morgan fingerprint density at radius 2 is 1.95 bits per heavy atom. The summed E-state index contributed by atoms with van der Waals surface area (Å²) in [5.41, 5.74) is 6.64. The van der Waals surface area contributed by atoms with E-state index in [-0.39, 0.29) is 0 Å². The molecule has 0 aliphatic carbocycles. The minimum atomic E-state index is -0.394. The van der Waals surface area contributed by atoms with Gasteiger partial charge in [-0.25, -0.2) is 9.78 Å². The number of carbonyl (C=O) groups excluding carboxylic acids is 1. The van der Waals surface area contributed by atoms with Gasteiger partial charge in [0.15, 0.2) is 0 Å². The average molecular weight is 258 g/mol. The molecule has 0 fully saturated rings. The van der Waals surface area contributed by atoms with Crippen LogP contribution in [-0.2, 0) is 4.74 Å². The van der Waals surface area contributed by atoms with E-state index in [1.807, 2.05) is 0 Å². The predicted octanol–water partition coefficient (Wildman–Crippen LogP) is 2.63. The molecule has 0 radical (unpaired) electrons. The summed E-state index contributed by atoms with van der Waals surface area (Å²) < 4.78 is 10.4. The van der Waals surface area contributed by atoms with Crippen molar-refractivity contribution in [3.63, 3.8) is 0 Å². The van der Waals surface area contributed by atoms with Crippen molar-refractivity contribution in [2.45, 2.75) is 6.92 Å². The highest BCUT2D eigenvalue weighted by Gasteiger charge is 2.07. The first-order valence-electron chi connectivity index (χ1n) is 5.85. The second-order valence-corrected chi connectivity index (χ2v) is 3.78. The lowest BCUT2D eigenvalue weighted by Gasteiger charge is -2.05. The summed E-state index contributed by atoms with van der Waals surface area (Å²) in [6, 6.07) is 10.2. The number of nitrogen functional groups attached to an aromatic ring is 1. The maximum absolute atomic E-state index is 11.4. The van der Waals surface area contributed by atoms with Crippen molar-refractivity contribution in [3.8, 4) is 11.6 Å². The van der Waals surface area contributed by atoms with Crippen LogP contribution in [0.5, 0.6) is 11.6 Å². The Kier molecular flexibility index (Phi) is 3.97.